The summed E-state index contributed by atoms with van der Waals surface area (Å²) >= 11 is 1.61. The highest BCUT2D eigenvalue weighted by Gasteiger charge is 2.18. The zero-order valence-electron chi connectivity index (χ0n) is 14.9. The molecule has 6 nitrogen and oxygen atoms in total. The largest absolute Gasteiger partial charge is 0.329 e. The van der Waals surface area contributed by atoms with E-state index in [1.165, 1.54) is 10.1 Å². The number of thioether (sulfide) groups is 1. The minimum Gasteiger partial charge on any atom is -0.309 e. The van der Waals surface area contributed by atoms with Gasteiger partial charge in [0.05, 0.1) is 6.54 Å². The van der Waals surface area contributed by atoms with Gasteiger partial charge in [0.1, 0.15) is 0 Å². The van der Waals surface area contributed by atoms with E-state index in [0.29, 0.717) is 23.6 Å². The molecule has 1 aromatic carbocycles. The number of aryl methyl sites for hydroxylation is 2. The molecule has 0 radical (unpaired) electrons. The predicted octanol–water partition coefficient (Wildman–Crippen LogP) is 2.53. The second kappa shape index (κ2) is 6.92. The first-order chi connectivity index (χ1) is 11.9. The maximum absolute atomic E-state index is 12.4. The first kappa shape index (κ1) is 17.5. The summed E-state index contributed by atoms with van der Waals surface area (Å²) in [5, 5.41) is 0.761. The number of fused-ring (bicyclic) bond motifs is 1. The summed E-state index contributed by atoms with van der Waals surface area (Å²) in [6, 6.07) is 8.18. The van der Waals surface area contributed by atoms with Crippen LogP contribution in [-0.2, 0) is 13.6 Å². The molecule has 0 aliphatic rings. The van der Waals surface area contributed by atoms with Crippen LogP contribution in [0.4, 0.5) is 0 Å². The Morgan fingerprint density at radius 1 is 1.28 bits per heavy atom. The van der Waals surface area contributed by atoms with E-state index in [4.69, 9.17) is 0 Å². The molecule has 0 spiro atoms. The summed E-state index contributed by atoms with van der Waals surface area (Å²) in [7, 11) is 1.63. The average Bonchev–Trinajstić information content (AvgIpc) is 2.90. The second-order valence-corrected chi connectivity index (χ2v) is 7.65. The van der Waals surface area contributed by atoms with Gasteiger partial charge in [-0.1, -0.05) is 55.4 Å². The Hall–Kier alpha value is -2.28. The maximum atomic E-state index is 12.4. The lowest BCUT2D eigenvalue weighted by Crippen LogP contribution is -2.29. The molecule has 0 aliphatic heterocycles. The van der Waals surface area contributed by atoms with Gasteiger partial charge in [-0.3, -0.25) is 14.3 Å². The fraction of sp³-hybridized carbons (Fsp3) is 0.389. The van der Waals surface area contributed by atoms with Crippen molar-refractivity contribution in [3.05, 3.63) is 56.2 Å². The van der Waals surface area contributed by atoms with Crippen LogP contribution in [0.15, 0.2) is 39.0 Å². The molecule has 0 amide bonds. The molecule has 0 atom stereocenters. The van der Waals surface area contributed by atoms with Gasteiger partial charge < -0.3 is 4.57 Å². The van der Waals surface area contributed by atoms with Gasteiger partial charge in [0.25, 0.3) is 5.56 Å². The summed E-state index contributed by atoms with van der Waals surface area (Å²) in [4.78, 5) is 31.3. The minimum atomic E-state index is -0.446. The van der Waals surface area contributed by atoms with Crippen LogP contribution in [0.3, 0.4) is 0 Å². The third-order valence-electron chi connectivity index (χ3n) is 3.94. The van der Waals surface area contributed by atoms with Gasteiger partial charge in [-0.15, -0.1) is 0 Å². The third kappa shape index (κ3) is 3.56. The first-order valence-corrected chi connectivity index (χ1v) is 9.23. The Labute approximate surface area is 149 Å². The van der Waals surface area contributed by atoms with Gasteiger partial charge in [-0.05, 0) is 18.4 Å². The Morgan fingerprint density at radius 2 is 2.04 bits per heavy atom. The van der Waals surface area contributed by atoms with E-state index >= 15 is 0 Å². The van der Waals surface area contributed by atoms with E-state index in [9.17, 15) is 9.59 Å². The molecule has 0 saturated carbocycles. The molecule has 2 aromatic heterocycles. The predicted molar refractivity (Wildman–Crippen MR) is 101 cm³/mol. The average molecular weight is 358 g/mol. The molecule has 132 valence electrons. The normalized spacial score (nSPS) is 11.6. The summed E-state index contributed by atoms with van der Waals surface area (Å²) in [5.41, 5.74) is 2.29. The number of H-pyrrole nitrogens is 1. The van der Waals surface area contributed by atoms with Crippen molar-refractivity contribution in [1.29, 1.82) is 0 Å². The van der Waals surface area contributed by atoms with Crippen molar-refractivity contribution in [2.45, 2.75) is 32.5 Å². The molecular formula is C18H22N4O2S. The topological polar surface area (TPSA) is 72.7 Å². The van der Waals surface area contributed by atoms with Crippen LogP contribution < -0.4 is 11.2 Å². The van der Waals surface area contributed by atoms with Gasteiger partial charge in [-0.25, -0.2) is 9.78 Å². The van der Waals surface area contributed by atoms with Crippen LogP contribution >= 0.6 is 11.8 Å². The van der Waals surface area contributed by atoms with Gasteiger partial charge in [-0.2, -0.15) is 0 Å². The lowest BCUT2D eigenvalue weighted by atomic mass is 10.1. The fourth-order valence-corrected chi connectivity index (χ4v) is 3.65. The molecule has 0 bridgehead atoms. The number of nitrogens with zero attached hydrogens (tertiary/aromatic N) is 3. The molecule has 1 N–H and O–H groups in total. The maximum Gasteiger partial charge on any atom is 0.329 e. The van der Waals surface area contributed by atoms with Crippen LogP contribution in [0.2, 0.25) is 0 Å². The number of imidazole rings is 1. The Morgan fingerprint density at radius 3 is 2.72 bits per heavy atom. The van der Waals surface area contributed by atoms with E-state index in [-0.39, 0.29) is 0 Å². The Kier molecular flexibility index (Phi) is 4.85. The Balaban J connectivity index is 2.18. The number of hydrogen-bond donors (Lipinski definition) is 1. The summed E-state index contributed by atoms with van der Waals surface area (Å²) in [5.74, 6) is 1.39. The van der Waals surface area contributed by atoms with Crippen molar-refractivity contribution in [1.82, 2.24) is 19.1 Å². The van der Waals surface area contributed by atoms with Crippen molar-refractivity contribution in [3.8, 4) is 0 Å². The number of aromatic amines is 1. The van der Waals surface area contributed by atoms with Gasteiger partial charge in [0, 0.05) is 12.8 Å². The lowest BCUT2D eigenvalue weighted by Gasteiger charge is -2.10. The van der Waals surface area contributed by atoms with Crippen molar-refractivity contribution in [3.63, 3.8) is 0 Å². The lowest BCUT2D eigenvalue weighted by molar-refractivity contribution is 0.715. The third-order valence-corrected chi connectivity index (χ3v) is 5.34. The van der Waals surface area contributed by atoms with Crippen LogP contribution in [-0.4, -0.2) is 24.9 Å². The number of nitrogens with one attached hydrogen (secondary N) is 1. The van der Waals surface area contributed by atoms with Crippen LogP contribution in [0.5, 0.6) is 0 Å². The first-order valence-electron chi connectivity index (χ1n) is 8.24. The molecule has 0 aliphatic carbocycles. The number of aromatic nitrogens is 4. The molecule has 0 saturated heterocycles. The molecule has 3 aromatic rings. The molecular weight excluding hydrogens is 336 g/mol. The van der Waals surface area contributed by atoms with Crippen LogP contribution in [0.1, 0.15) is 25.0 Å². The smallest absolute Gasteiger partial charge is 0.309 e. The molecule has 0 fully saturated rings. The van der Waals surface area contributed by atoms with Crippen molar-refractivity contribution >= 4 is 22.9 Å². The molecule has 3 rings (SSSR count). The molecule has 0 unspecified atom stereocenters. The monoisotopic (exact) mass is 358 g/mol. The standard InChI is InChI=1S/C18H22N4O2S/c1-11(2)10-25-18-19-15-14(16(23)20-17(24)21(15)4)22(18)9-13-7-5-6-12(3)8-13/h5-8,11H,9-10H2,1-4H3,(H,20,23,24). The highest BCUT2D eigenvalue weighted by molar-refractivity contribution is 7.99. The minimum absolute atomic E-state index is 0.394. The van der Waals surface area contributed by atoms with E-state index in [1.54, 1.807) is 18.8 Å². The second-order valence-electron chi connectivity index (χ2n) is 6.66. The quantitative estimate of drug-likeness (QED) is 0.712. The molecule has 7 heteroatoms. The Bertz CT molecular complexity index is 1030. The zero-order valence-corrected chi connectivity index (χ0v) is 15.7. The van der Waals surface area contributed by atoms with E-state index in [1.807, 2.05) is 29.7 Å². The van der Waals surface area contributed by atoms with E-state index in [2.05, 4.69) is 29.9 Å². The van der Waals surface area contributed by atoms with Gasteiger partial charge >= 0.3 is 5.69 Å². The number of hydrogen-bond acceptors (Lipinski definition) is 4. The van der Waals surface area contributed by atoms with Crippen molar-refractivity contribution < 1.29 is 0 Å². The van der Waals surface area contributed by atoms with Crippen molar-refractivity contribution in [2.24, 2.45) is 13.0 Å². The fourth-order valence-electron chi connectivity index (χ4n) is 2.71. The highest BCUT2D eigenvalue weighted by Crippen LogP contribution is 2.24. The molecule has 25 heavy (non-hydrogen) atoms. The molecule has 2 heterocycles. The SMILES string of the molecule is Cc1cccc(Cn2c(SCC(C)C)nc3c2c(=O)[nH]c(=O)n3C)c1. The summed E-state index contributed by atoms with van der Waals surface area (Å²) < 4.78 is 3.30. The van der Waals surface area contributed by atoms with E-state index in [0.717, 1.165) is 16.5 Å². The van der Waals surface area contributed by atoms with E-state index < -0.39 is 11.2 Å². The van der Waals surface area contributed by atoms with Crippen LogP contribution in [0, 0.1) is 12.8 Å². The van der Waals surface area contributed by atoms with Gasteiger partial charge in [0.15, 0.2) is 16.3 Å². The van der Waals surface area contributed by atoms with Crippen LogP contribution in [0.25, 0.3) is 11.2 Å². The zero-order chi connectivity index (χ0) is 18.1. The summed E-state index contributed by atoms with van der Waals surface area (Å²) in [6.07, 6.45) is 0. The number of rotatable bonds is 5. The highest BCUT2D eigenvalue weighted by atomic mass is 32.2. The van der Waals surface area contributed by atoms with Gasteiger partial charge in [0.2, 0.25) is 0 Å². The van der Waals surface area contributed by atoms with Crippen molar-refractivity contribution in [2.75, 3.05) is 5.75 Å². The summed E-state index contributed by atoms with van der Waals surface area (Å²) in [6.45, 7) is 6.87. The number of benzene rings is 1.